The van der Waals surface area contributed by atoms with E-state index in [1.54, 1.807) is 0 Å². The highest BCUT2D eigenvalue weighted by molar-refractivity contribution is 6.25. The molecule has 0 atom stereocenters. The maximum absolute atomic E-state index is 2.38. The van der Waals surface area contributed by atoms with E-state index in [9.17, 15) is 0 Å². The SMILES string of the molecule is c1cc(-c2ccc3c4ccccc4c4ccccc4c3c2)cc(-c2cc(-c3cccc4ccccc34)cc3ccccc23)c1. The monoisotopic (exact) mass is 556 g/mol. The molecule has 0 aliphatic rings. The Balaban J connectivity index is 1.24. The third kappa shape index (κ3) is 3.92. The summed E-state index contributed by atoms with van der Waals surface area (Å²) in [6, 6.07) is 62.4. The van der Waals surface area contributed by atoms with Gasteiger partial charge in [-0.3, -0.25) is 0 Å². The largest absolute Gasteiger partial charge is 0.0616 e. The molecule has 0 bridgehead atoms. The second-order valence-corrected chi connectivity index (χ2v) is 11.7. The zero-order valence-corrected chi connectivity index (χ0v) is 24.2. The Morgan fingerprint density at radius 3 is 1.43 bits per heavy atom. The fourth-order valence-electron chi connectivity index (χ4n) is 7.14. The fourth-order valence-corrected chi connectivity index (χ4v) is 7.14. The molecule has 9 rings (SSSR count). The minimum atomic E-state index is 1.22. The Morgan fingerprint density at radius 2 is 0.705 bits per heavy atom. The van der Waals surface area contributed by atoms with Crippen LogP contribution in [0.5, 0.6) is 0 Å². The molecule has 0 saturated carbocycles. The van der Waals surface area contributed by atoms with E-state index in [4.69, 9.17) is 0 Å². The Hall–Kier alpha value is -5.72. The van der Waals surface area contributed by atoms with Gasteiger partial charge >= 0.3 is 0 Å². The van der Waals surface area contributed by atoms with Crippen LogP contribution in [0.2, 0.25) is 0 Å². The first-order valence-corrected chi connectivity index (χ1v) is 15.3. The molecule has 9 aromatic rings. The average Bonchev–Trinajstić information content (AvgIpc) is 3.11. The first-order chi connectivity index (χ1) is 21.8. The molecule has 0 radical (unpaired) electrons. The van der Waals surface area contributed by atoms with Crippen LogP contribution in [0.25, 0.3) is 87.2 Å². The number of fused-ring (bicyclic) bond motifs is 8. The average molecular weight is 557 g/mol. The van der Waals surface area contributed by atoms with E-state index >= 15 is 0 Å². The molecule has 0 heterocycles. The lowest BCUT2D eigenvalue weighted by molar-refractivity contribution is 1.61. The lowest BCUT2D eigenvalue weighted by atomic mass is 9.89. The zero-order chi connectivity index (χ0) is 29.0. The normalized spacial score (nSPS) is 11.6. The van der Waals surface area contributed by atoms with Gasteiger partial charge in [0, 0.05) is 0 Å². The van der Waals surface area contributed by atoms with Crippen LogP contribution in [0.3, 0.4) is 0 Å². The second kappa shape index (κ2) is 9.93. The molecule has 0 nitrogen and oxygen atoms in total. The lowest BCUT2D eigenvalue weighted by Crippen LogP contribution is -1.88. The van der Waals surface area contributed by atoms with Crippen molar-refractivity contribution in [2.24, 2.45) is 0 Å². The Morgan fingerprint density at radius 1 is 0.205 bits per heavy atom. The predicted octanol–water partition coefficient (Wildman–Crippen LogP) is 12.5. The second-order valence-electron chi connectivity index (χ2n) is 11.7. The van der Waals surface area contributed by atoms with Crippen molar-refractivity contribution < 1.29 is 0 Å². The van der Waals surface area contributed by atoms with Crippen LogP contribution in [0.1, 0.15) is 0 Å². The summed E-state index contributed by atoms with van der Waals surface area (Å²) in [5.74, 6) is 0. The van der Waals surface area contributed by atoms with Crippen molar-refractivity contribution in [3.05, 3.63) is 170 Å². The topological polar surface area (TPSA) is 0 Å². The quantitative estimate of drug-likeness (QED) is 0.190. The summed E-state index contributed by atoms with van der Waals surface area (Å²) < 4.78 is 0. The molecular formula is C44H28. The van der Waals surface area contributed by atoms with Gasteiger partial charge in [0.15, 0.2) is 0 Å². The van der Waals surface area contributed by atoms with E-state index in [1.165, 1.54) is 87.2 Å². The first kappa shape index (κ1) is 24.8. The summed E-state index contributed by atoms with van der Waals surface area (Å²) in [6.45, 7) is 0. The summed E-state index contributed by atoms with van der Waals surface area (Å²) in [6.07, 6.45) is 0. The molecule has 0 fully saturated rings. The summed E-state index contributed by atoms with van der Waals surface area (Å²) in [5, 5.41) is 12.9. The maximum Gasteiger partial charge on any atom is -0.00928 e. The molecule has 0 heteroatoms. The molecular weight excluding hydrogens is 528 g/mol. The first-order valence-electron chi connectivity index (χ1n) is 15.3. The van der Waals surface area contributed by atoms with E-state index in [0.717, 1.165) is 0 Å². The highest BCUT2D eigenvalue weighted by atomic mass is 14.2. The fraction of sp³-hybridized carbons (Fsp3) is 0. The molecule has 0 aromatic heterocycles. The smallest absolute Gasteiger partial charge is 0.00928 e. The molecule has 0 N–H and O–H groups in total. The van der Waals surface area contributed by atoms with Gasteiger partial charge in [-0.15, -0.1) is 0 Å². The molecule has 0 saturated heterocycles. The Bertz CT molecular complexity index is 2510. The molecule has 0 amide bonds. The molecule has 0 aliphatic heterocycles. The van der Waals surface area contributed by atoms with Crippen molar-refractivity contribution in [2.75, 3.05) is 0 Å². The van der Waals surface area contributed by atoms with Gasteiger partial charge in [0.1, 0.15) is 0 Å². The van der Waals surface area contributed by atoms with Gasteiger partial charge < -0.3 is 0 Å². The van der Waals surface area contributed by atoms with Crippen LogP contribution in [0, 0.1) is 0 Å². The van der Waals surface area contributed by atoms with Crippen LogP contribution >= 0.6 is 0 Å². The van der Waals surface area contributed by atoms with Crippen LogP contribution in [-0.2, 0) is 0 Å². The predicted molar refractivity (Wildman–Crippen MR) is 190 cm³/mol. The Kier molecular flexibility index (Phi) is 5.61. The molecule has 9 aromatic carbocycles. The molecule has 0 aliphatic carbocycles. The van der Waals surface area contributed by atoms with Crippen molar-refractivity contribution in [1.29, 1.82) is 0 Å². The molecule has 0 spiro atoms. The number of rotatable bonds is 3. The number of benzene rings is 9. The minimum absolute atomic E-state index is 1.22. The third-order valence-corrected chi connectivity index (χ3v) is 9.21. The van der Waals surface area contributed by atoms with Gasteiger partial charge in [-0.25, -0.2) is 0 Å². The number of hydrogen-bond acceptors (Lipinski definition) is 0. The minimum Gasteiger partial charge on any atom is -0.0616 e. The van der Waals surface area contributed by atoms with E-state index in [0.29, 0.717) is 0 Å². The van der Waals surface area contributed by atoms with Crippen LogP contribution in [0.4, 0.5) is 0 Å². The van der Waals surface area contributed by atoms with Gasteiger partial charge in [0.2, 0.25) is 0 Å². The van der Waals surface area contributed by atoms with Crippen molar-refractivity contribution >= 4 is 53.9 Å². The van der Waals surface area contributed by atoms with Crippen molar-refractivity contribution in [1.82, 2.24) is 0 Å². The zero-order valence-electron chi connectivity index (χ0n) is 24.2. The molecule has 0 unspecified atom stereocenters. The number of hydrogen-bond donors (Lipinski definition) is 0. The molecule has 204 valence electrons. The third-order valence-electron chi connectivity index (χ3n) is 9.21. The van der Waals surface area contributed by atoms with E-state index in [-0.39, 0.29) is 0 Å². The van der Waals surface area contributed by atoms with Crippen molar-refractivity contribution in [3.8, 4) is 33.4 Å². The van der Waals surface area contributed by atoms with Crippen LogP contribution < -0.4 is 0 Å². The van der Waals surface area contributed by atoms with Gasteiger partial charge in [-0.2, -0.15) is 0 Å². The van der Waals surface area contributed by atoms with Crippen LogP contribution in [0.15, 0.2) is 170 Å². The summed E-state index contributed by atoms with van der Waals surface area (Å²) in [4.78, 5) is 0. The lowest BCUT2D eigenvalue weighted by Gasteiger charge is -2.15. The van der Waals surface area contributed by atoms with E-state index in [1.807, 2.05) is 0 Å². The van der Waals surface area contributed by atoms with Gasteiger partial charge in [-0.05, 0) is 112 Å². The Labute approximate surface area is 256 Å². The summed E-state index contributed by atoms with van der Waals surface area (Å²) >= 11 is 0. The highest BCUT2D eigenvalue weighted by Gasteiger charge is 2.13. The van der Waals surface area contributed by atoms with Crippen LogP contribution in [-0.4, -0.2) is 0 Å². The van der Waals surface area contributed by atoms with E-state index in [2.05, 4.69) is 170 Å². The molecule has 44 heavy (non-hydrogen) atoms. The van der Waals surface area contributed by atoms with Gasteiger partial charge in [-0.1, -0.05) is 146 Å². The summed E-state index contributed by atoms with van der Waals surface area (Å²) in [7, 11) is 0. The maximum atomic E-state index is 2.38. The van der Waals surface area contributed by atoms with E-state index < -0.39 is 0 Å². The van der Waals surface area contributed by atoms with Gasteiger partial charge in [0.25, 0.3) is 0 Å². The highest BCUT2D eigenvalue weighted by Crippen LogP contribution is 2.40. The van der Waals surface area contributed by atoms with Crippen molar-refractivity contribution in [3.63, 3.8) is 0 Å². The standard InChI is InChI=1S/C44H28/c1-3-16-35-29(11-1)13-10-22-37(35)34-26-32-12-2-4-17-36(32)43(28-34)33-15-9-14-30(25-33)31-23-24-42-40-20-6-5-18-38(40)39-19-7-8-21-41(39)44(42)27-31/h1-28H. The van der Waals surface area contributed by atoms with Gasteiger partial charge in [0.05, 0.1) is 0 Å². The summed E-state index contributed by atoms with van der Waals surface area (Å²) in [5.41, 5.74) is 7.44. The van der Waals surface area contributed by atoms with Crippen molar-refractivity contribution in [2.45, 2.75) is 0 Å².